The molecule has 0 aromatic heterocycles. The molecule has 0 heterocycles. The van der Waals surface area contributed by atoms with Crippen molar-refractivity contribution in [2.75, 3.05) is 6.61 Å². The summed E-state index contributed by atoms with van der Waals surface area (Å²) < 4.78 is 42.7. The SMILES string of the molecule is CCCCCCCCCCCCOc1ccc(C(F)(F)F)cc1. The summed E-state index contributed by atoms with van der Waals surface area (Å²) in [6.07, 6.45) is 8.27. The van der Waals surface area contributed by atoms with Crippen LogP contribution in [0.4, 0.5) is 13.2 Å². The maximum absolute atomic E-state index is 12.4. The molecule has 0 aliphatic carbocycles. The number of hydrogen-bond donors (Lipinski definition) is 0. The van der Waals surface area contributed by atoms with E-state index in [1.165, 1.54) is 63.5 Å². The van der Waals surface area contributed by atoms with Crippen molar-refractivity contribution >= 4 is 0 Å². The normalized spacial score (nSPS) is 11.7. The predicted molar refractivity (Wildman–Crippen MR) is 88.8 cm³/mol. The number of hydrogen-bond acceptors (Lipinski definition) is 1. The minimum Gasteiger partial charge on any atom is -0.494 e. The third kappa shape index (κ3) is 9.52. The molecule has 0 amide bonds. The second-order valence-corrected chi connectivity index (χ2v) is 6.05. The van der Waals surface area contributed by atoms with E-state index in [2.05, 4.69) is 6.92 Å². The lowest BCUT2D eigenvalue weighted by atomic mass is 10.1. The van der Waals surface area contributed by atoms with Crippen LogP contribution in [0.15, 0.2) is 24.3 Å². The zero-order chi connectivity index (χ0) is 17.0. The number of alkyl halides is 3. The molecular weight excluding hydrogens is 301 g/mol. The Morgan fingerprint density at radius 3 is 1.70 bits per heavy atom. The van der Waals surface area contributed by atoms with E-state index in [1.54, 1.807) is 0 Å². The molecule has 1 rings (SSSR count). The Labute approximate surface area is 138 Å². The van der Waals surface area contributed by atoms with Gasteiger partial charge in [-0.05, 0) is 30.7 Å². The number of unbranched alkanes of at least 4 members (excludes halogenated alkanes) is 9. The van der Waals surface area contributed by atoms with Crippen LogP contribution in [0.3, 0.4) is 0 Å². The smallest absolute Gasteiger partial charge is 0.416 e. The Balaban J connectivity index is 1.99. The van der Waals surface area contributed by atoms with Gasteiger partial charge >= 0.3 is 6.18 Å². The van der Waals surface area contributed by atoms with Gasteiger partial charge in [0.1, 0.15) is 5.75 Å². The fourth-order valence-corrected chi connectivity index (χ4v) is 2.52. The molecule has 23 heavy (non-hydrogen) atoms. The van der Waals surface area contributed by atoms with Crippen molar-refractivity contribution in [3.05, 3.63) is 29.8 Å². The average molecular weight is 330 g/mol. The molecule has 0 bridgehead atoms. The van der Waals surface area contributed by atoms with Crippen molar-refractivity contribution in [3.8, 4) is 5.75 Å². The molecule has 0 fully saturated rings. The summed E-state index contributed by atoms with van der Waals surface area (Å²) in [5, 5.41) is 0. The van der Waals surface area contributed by atoms with Gasteiger partial charge in [0.25, 0.3) is 0 Å². The van der Waals surface area contributed by atoms with Gasteiger partial charge in [0, 0.05) is 0 Å². The third-order valence-electron chi connectivity index (χ3n) is 3.95. The van der Waals surface area contributed by atoms with Gasteiger partial charge in [-0.2, -0.15) is 13.2 Å². The molecule has 0 aliphatic rings. The van der Waals surface area contributed by atoms with E-state index in [1.807, 2.05) is 0 Å². The lowest BCUT2D eigenvalue weighted by molar-refractivity contribution is -0.137. The van der Waals surface area contributed by atoms with Gasteiger partial charge in [0.2, 0.25) is 0 Å². The summed E-state index contributed by atoms with van der Waals surface area (Å²) >= 11 is 0. The van der Waals surface area contributed by atoms with Crippen LogP contribution >= 0.6 is 0 Å². The van der Waals surface area contributed by atoms with Crippen LogP contribution in [-0.4, -0.2) is 6.61 Å². The fraction of sp³-hybridized carbons (Fsp3) is 0.684. The molecule has 0 saturated heterocycles. The summed E-state index contributed by atoms with van der Waals surface area (Å²) in [5.41, 5.74) is -0.635. The number of halogens is 3. The molecule has 1 nitrogen and oxygen atoms in total. The second-order valence-electron chi connectivity index (χ2n) is 6.05. The van der Waals surface area contributed by atoms with Crippen LogP contribution in [0.5, 0.6) is 5.75 Å². The Hall–Kier alpha value is -1.19. The van der Waals surface area contributed by atoms with Gasteiger partial charge in [0.05, 0.1) is 12.2 Å². The van der Waals surface area contributed by atoms with E-state index in [0.717, 1.165) is 25.0 Å². The van der Waals surface area contributed by atoms with E-state index in [9.17, 15) is 13.2 Å². The van der Waals surface area contributed by atoms with Gasteiger partial charge in [-0.3, -0.25) is 0 Å². The quantitative estimate of drug-likeness (QED) is 0.375. The van der Waals surface area contributed by atoms with Gasteiger partial charge in [0.15, 0.2) is 0 Å². The molecule has 1 aromatic carbocycles. The third-order valence-corrected chi connectivity index (χ3v) is 3.95. The summed E-state index contributed by atoms with van der Waals surface area (Å²) in [7, 11) is 0. The highest BCUT2D eigenvalue weighted by Crippen LogP contribution is 2.30. The summed E-state index contributed by atoms with van der Waals surface area (Å²) in [5.74, 6) is 0.508. The molecule has 1 aromatic rings. The highest BCUT2D eigenvalue weighted by Gasteiger charge is 2.29. The second kappa shape index (κ2) is 11.4. The van der Waals surface area contributed by atoms with Crippen molar-refractivity contribution < 1.29 is 17.9 Å². The molecule has 132 valence electrons. The summed E-state index contributed by atoms with van der Waals surface area (Å²) in [4.78, 5) is 0. The first kappa shape index (κ1) is 19.9. The Morgan fingerprint density at radius 1 is 0.739 bits per heavy atom. The minimum absolute atomic E-state index is 0.508. The van der Waals surface area contributed by atoms with Gasteiger partial charge in [-0.1, -0.05) is 64.7 Å². The highest BCUT2D eigenvalue weighted by molar-refractivity contribution is 5.28. The first-order valence-electron chi connectivity index (χ1n) is 8.84. The van der Waals surface area contributed by atoms with Crippen LogP contribution in [0.2, 0.25) is 0 Å². The lowest BCUT2D eigenvalue weighted by Crippen LogP contribution is -2.04. The predicted octanol–water partition coefficient (Wildman–Crippen LogP) is 7.01. The first-order chi connectivity index (χ1) is 11.0. The van der Waals surface area contributed by atoms with Crippen molar-refractivity contribution in [1.29, 1.82) is 0 Å². The van der Waals surface area contributed by atoms with E-state index in [-0.39, 0.29) is 0 Å². The van der Waals surface area contributed by atoms with Crippen LogP contribution < -0.4 is 4.74 Å². The zero-order valence-corrected chi connectivity index (χ0v) is 14.1. The van der Waals surface area contributed by atoms with Gasteiger partial charge < -0.3 is 4.74 Å². The van der Waals surface area contributed by atoms with Crippen molar-refractivity contribution in [3.63, 3.8) is 0 Å². The number of ether oxygens (including phenoxy) is 1. The lowest BCUT2D eigenvalue weighted by Gasteiger charge is -2.09. The molecule has 0 radical (unpaired) electrons. The summed E-state index contributed by atoms with van der Waals surface area (Å²) in [6.45, 7) is 2.80. The summed E-state index contributed by atoms with van der Waals surface area (Å²) in [6, 6.07) is 4.90. The van der Waals surface area contributed by atoms with Crippen LogP contribution in [0.1, 0.15) is 76.7 Å². The molecule has 0 spiro atoms. The molecule has 0 aliphatic heterocycles. The van der Waals surface area contributed by atoms with E-state index < -0.39 is 11.7 Å². The van der Waals surface area contributed by atoms with Crippen molar-refractivity contribution in [1.82, 2.24) is 0 Å². The van der Waals surface area contributed by atoms with E-state index in [0.29, 0.717) is 12.4 Å². The van der Waals surface area contributed by atoms with Crippen molar-refractivity contribution in [2.24, 2.45) is 0 Å². The largest absolute Gasteiger partial charge is 0.494 e. The molecule has 0 unspecified atom stereocenters. The minimum atomic E-state index is -4.28. The van der Waals surface area contributed by atoms with Crippen LogP contribution in [-0.2, 0) is 6.18 Å². The Morgan fingerprint density at radius 2 is 1.22 bits per heavy atom. The zero-order valence-electron chi connectivity index (χ0n) is 14.1. The van der Waals surface area contributed by atoms with Gasteiger partial charge in [-0.15, -0.1) is 0 Å². The molecule has 0 N–H and O–H groups in total. The first-order valence-corrected chi connectivity index (χ1v) is 8.84. The maximum Gasteiger partial charge on any atom is 0.416 e. The topological polar surface area (TPSA) is 9.23 Å². The van der Waals surface area contributed by atoms with Crippen molar-refractivity contribution in [2.45, 2.75) is 77.3 Å². The fourth-order valence-electron chi connectivity index (χ4n) is 2.52. The van der Waals surface area contributed by atoms with E-state index >= 15 is 0 Å². The Kier molecular flexibility index (Phi) is 9.81. The van der Waals surface area contributed by atoms with Crippen LogP contribution in [0.25, 0.3) is 0 Å². The highest BCUT2D eigenvalue weighted by atomic mass is 19.4. The number of rotatable bonds is 12. The monoisotopic (exact) mass is 330 g/mol. The Bertz CT molecular complexity index is 398. The maximum atomic E-state index is 12.4. The average Bonchev–Trinajstić information content (AvgIpc) is 2.52. The van der Waals surface area contributed by atoms with E-state index in [4.69, 9.17) is 4.74 Å². The number of benzene rings is 1. The molecule has 0 saturated carbocycles. The molecule has 4 heteroatoms. The van der Waals surface area contributed by atoms with Gasteiger partial charge in [-0.25, -0.2) is 0 Å². The van der Waals surface area contributed by atoms with Crippen LogP contribution in [0, 0.1) is 0 Å². The standard InChI is InChI=1S/C19H29F3O/c1-2-3-4-5-6-7-8-9-10-11-16-23-18-14-12-17(13-15-18)19(20,21)22/h12-15H,2-11,16H2,1H3. The molecular formula is C19H29F3O. The molecule has 0 atom stereocenters.